The Morgan fingerprint density at radius 2 is 1.95 bits per heavy atom. The molecule has 0 aliphatic carbocycles. The van der Waals surface area contributed by atoms with E-state index in [0.717, 1.165) is 5.69 Å². The molecule has 0 bridgehead atoms. The molecule has 5 nitrogen and oxygen atoms in total. The molecule has 19 heavy (non-hydrogen) atoms. The monoisotopic (exact) mass is 267 g/mol. The van der Waals surface area contributed by atoms with Gasteiger partial charge in [0.15, 0.2) is 0 Å². The van der Waals surface area contributed by atoms with Crippen LogP contribution >= 0.6 is 0 Å². The molecule has 0 saturated heterocycles. The Morgan fingerprint density at radius 1 is 1.37 bits per heavy atom. The SMILES string of the molecule is CCC(O)(CC)CNC(=O)c1cc(C(C)(C)C)[nH]n1. The number of rotatable bonds is 5. The summed E-state index contributed by atoms with van der Waals surface area (Å²) in [6, 6.07) is 1.76. The van der Waals surface area contributed by atoms with Gasteiger partial charge in [0.25, 0.3) is 5.91 Å². The van der Waals surface area contributed by atoms with E-state index < -0.39 is 5.60 Å². The van der Waals surface area contributed by atoms with E-state index in [1.807, 2.05) is 13.8 Å². The Bertz CT molecular complexity index is 428. The summed E-state index contributed by atoms with van der Waals surface area (Å²) in [6.07, 6.45) is 1.22. The van der Waals surface area contributed by atoms with Crippen LogP contribution in [0.4, 0.5) is 0 Å². The van der Waals surface area contributed by atoms with E-state index in [1.165, 1.54) is 0 Å². The molecular weight excluding hydrogens is 242 g/mol. The Kier molecular flexibility index (Phi) is 4.74. The Morgan fingerprint density at radius 3 is 2.37 bits per heavy atom. The molecule has 0 aromatic carbocycles. The minimum absolute atomic E-state index is 0.0703. The number of H-pyrrole nitrogens is 1. The third-order valence-corrected chi connectivity index (χ3v) is 3.51. The predicted molar refractivity (Wildman–Crippen MR) is 75.2 cm³/mol. The van der Waals surface area contributed by atoms with Gasteiger partial charge in [-0.3, -0.25) is 9.89 Å². The topological polar surface area (TPSA) is 78.0 Å². The average molecular weight is 267 g/mol. The summed E-state index contributed by atoms with van der Waals surface area (Å²) >= 11 is 0. The largest absolute Gasteiger partial charge is 0.388 e. The average Bonchev–Trinajstić information content (AvgIpc) is 2.85. The summed E-state index contributed by atoms with van der Waals surface area (Å²) in [4.78, 5) is 12.0. The number of nitrogens with zero attached hydrogens (tertiary/aromatic N) is 1. The lowest BCUT2D eigenvalue weighted by molar-refractivity contribution is 0.0313. The zero-order valence-electron chi connectivity index (χ0n) is 12.5. The molecule has 1 amide bonds. The van der Waals surface area contributed by atoms with Crippen LogP contribution in [0.15, 0.2) is 6.07 Å². The number of carbonyl (C=O) groups is 1. The molecule has 3 N–H and O–H groups in total. The van der Waals surface area contributed by atoms with Crippen molar-refractivity contribution < 1.29 is 9.90 Å². The summed E-state index contributed by atoms with van der Waals surface area (Å²) in [5, 5.41) is 19.7. The predicted octanol–water partition coefficient (Wildman–Crippen LogP) is 1.99. The first-order chi connectivity index (χ1) is 8.72. The van der Waals surface area contributed by atoms with E-state index in [1.54, 1.807) is 6.07 Å². The van der Waals surface area contributed by atoms with Gasteiger partial charge < -0.3 is 10.4 Å². The molecule has 0 radical (unpaired) electrons. The maximum atomic E-state index is 12.0. The maximum Gasteiger partial charge on any atom is 0.271 e. The van der Waals surface area contributed by atoms with Crippen LogP contribution in [0.25, 0.3) is 0 Å². The second-order valence-electron chi connectivity index (χ2n) is 6.03. The molecule has 0 aliphatic rings. The van der Waals surface area contributed by atoms with Gasteiger partial charge in [0.2, 0.25) is 0 Å². The number of hydrogen-bond donors (Lipinski definition) is 3. The van der Waals surface area contributed by atoms with Crippen LogP contribution in [0.5, 0.6) is 0 Å². The highest BCUT2D eigenvalue weighted by molar-refractivity contribution is 5.92. The third kappa shape index (κ3) is 4.06. The molecule has 5 heteroatoms. The molecule has 108 valence electrons. The van der Waals surface area contributed by atoms with Crippen molar-refractivity contribution in [1.29, 1.82) is 0 Å². The second-order valence-corrected chi connectivity index (χ2v) is 6.03. The molecule has 0 aliphatic heterocycles. The van der Waals surface area contributed by atoms with Gasteiger partial charge in [-0.1, -0.05) is 34.6 Å². The molecule has 0 saturated carbocycles. The van der Waals surface area contributed by atoms with E-state index in [-0.39, 0.29) is 17.9 Å². The van der Waals surface area contributed by atoms with Crippen molar-refractivity contribution in [3.63, 3.8) is 0 Å². The molecule has 0 atom stereocenters. The van der Waals surface area contributed by atoms with Gasteiger partial charge in [-0.05, 0) is 18.9 Å². The van der Waals surface area contributed by atoms with Crippen molar-refractivity contribution in [3.8, 4) is 0 Å². The zero-order valence-corrected chi connectivity index (χ0v) is 12.5. The van der Waals surface area contributed by atoms with Crippen molar-refractivity contribution in [3.05, 3.63) is 17.5 Å². The summed E-state index contributed by atoms with van der Waals surface area (Å²) < 4.78 is 0. The molecule has 0 fully saturated rings. The van der Waals surface area contributed by atoms with Gasteiger partial charge in [-0.15, -0.1) is 0 Å². The molecular formula is C14H25N3O2. The molecule has 0 spiro atoms. The van der Waals surface area contributed by atoms with Crippen LogP contribution in [0.3, 0.4) is 0 Å². The molecule has 1 heterocycles. The van der Waals surface area contributed by atoms with Gasteiger partial charge in [-0.2, -0.15) is 5.10 Å². The van der Waals surface area contributed by atoms with Gasteiger partial charge in [0, 0.05) is 17.7 Å². The van der Waals surface area contributed by atoms with Gasteiger partial charge in [0.05, 0.1) is 5.60 Å². The van der Waals surface area contributed by atoms with Crippen LogP contribution in [0, 0.1) is 0 Å². The normalized spacial score (nSPS) is 12.5. The summed E-state index contributed by atoms with van der Waals surface area (Å²) in [7, 11) is 0. The fourth-order valence-corrected chi connectivity index (χ4v) is 1.66. The molecule has 0 unspecified atom stereocenters. The number of amides is 1. The van der Waals surface area contributed by atoms with Crippen LogP contribution in [-0.4, -0.2) is 33.4 Å². The first-order valence-electron chi connectivity index (χ1n) is 6.78. The Hall–Kier alpha value is -1.36. The number of aromatic nitrogens is 2. The van der Waals surface area contributed by atoms with Crippen molar-refractivity contribution >= 4 is 5.91 Å². The number of aliphatic hydroxyl groups is 1. The summed E-state index contributed by atoms with van der Waals surface area (Å²) in [5.74, 6) is -0.257. The Balaban J connectivity index is 2.67. The highest BCUT2D eigenvalue weighted by Crippen LogP contribution is 2.20. The van der Waals surface area contributed by atoms with E-state index in [2.05, 4.69) is 36.3 Å². The first kappa shape index (κ1) is 15.7. The van der Waals surface area contributed by atoms with Gasteiger partial charge >= 0.3 is 0 Å². The van der Waals surface area contributed by atoms with Crippen molar-refractivity contribution in [2.45, 2.75) is 58.5 Å². The number of hydrogen-bond acceptors (Lipinski definition) is 3. The second kappa shape index (κ2) is 5.74. The lowest BCUT2D eigenvalue weighted by Crippen LogP contribution is -2.42. The number of nitrogens with one attached hydrogen (secondary N) is 2. The minimum Gasteiger partial charge on any atom is -0.388 e. The van der Waals surface area contributed by atoms with Crippen LogP contribution in [0.1, 0.15) is 63.6 Å². The summed E-state index contributed by atoms with van der Waals surface area (Å²) in [6.45, 7) is 10.2. The number of aromatic amines is 1. The third-order valence-electron chi connectivity index (χ3n) is 3.51. The quantitative estimate of drug-likeness (QED) is 0.763. The van der Waals surface area contributed by atoms with Crippen molar-refractivity contribution in [2.75, 3.05) is 6.54 Å². The van der Waals surface area contributed by atoms with Gasteiger partial charge in [-0.25, -0.2) is 0 Å². The lowest BCUT2D eigenvalue weighted by Gasteiger charge is -2.25. The molecule has 1 aromatic heterocycles. The lowest BCUT2D eigenvalue weighted by atomic mass is 9.92. The van der Waals surface area contributed by atoms with Crippen LogP contribution in [-0.2, 0) is 5.41 Å². The fourth-order valence-electron chi connectivity index (χ4n) is 1.66. The van der Waals surface area contributed by atoms with E-state index in [0.29, 0.717) is 18.5 Å². The highest BCUT2D eigenvalue weighted by atomic mass is 16.3. The smallest absolute Gasteiger partial charge is 0.271 e. The van der Waals surface area contributed by atoms with E-state index >= 15 is 0 Å². The maximum absolute atomic E-state index is 12.0. The minimum atomic E-state index is -0.834. The summed E-state index contributed by atoms with van der Waals surface area (Å²) in [5.41, 5.74) is 0.371. The number of carbonyl (C=O) groups excluding carboxylic acids is 1. The molecule has 1 rings (SSSR count). The highest BCUT2D eigenvalue weighted by Gasteiger charge is 2.24. The standard InChI is InChI=1S/C14H25N3O2/c1-6-14(19,7-2)9-15-12(18)10-8-11(17-16-10)13(3,4)5/h8,19H,6-7,9H2,1-5H3,(H,15,18)(H,16,17). The van der Waals surface area contributed by atoms with Gasteiger partial charge in [0.1, 0.15) is 5.69 Å². The Labute approximate surface area is 114 Å². The van der Waals surface area contributed by atoms with E-state index in [4.69, 9.17) is 0 Å². The fraction of sp³-hybridized carbons (Fsp3) is 0.714. The van der Waals surface area contributed by atoms with E-state index in [9.17, 15) is 9.90 Å². The molecule has 1 aromatic rings. The van der Waals surface area contributed by atoms with Crippen molar-refractivity contribution in [1.82, 2.24) is 15.5 Å². The first-order valence-corrected chi connectivity index (χ1v) is 6.78. The van der Waals surface area contributed by atoms with Crippen LogP contribution < -0.4 is 5.32 Å². The van der Waals surface area contributed by atoms with Crippen molar-refractivity contribution in [2.24, 2.45) is 0 Å². The van der Waals surface area contributed by atoms with Crippen LogP contribution in [0.2, 0.25) is 0 Å². The zero-order chi connectivity index (χ0) is 14.7.